The molecule has 1 fully saturated rings. The predicted octanol–water partition coefficient (Wildman–Crippen LogP) is 4.08. The minimum Gasteiger partial charge on any atom is -0.456 e. The number of hydrogen-bond donors (Lipinski definition) is 2. The summed E-state index contributed by atoms with van der Waals surface area (Å²) in [4.78, 5) is 12.8. The molecule has 0 unspecified atom stereocenters. The first-order valence-electron chi connectivity index (χ1n) is 13.7. The molecule has 0 radical (unpaired) electrons. The molecule has 1 heterocycles. The summed E-state index contributed by atoms with van der Waals surface area (Å²) in [6.45, 7) is 6.73. The van der Waals surface area contributed by atoms with Crippen molar-refractivity contribution in [3.8, 4) is 0 Å². The van der Waals surface area contributed by atoms with E-state index in [2.05, 4.69) is 69.3 Å². The average Bonchev–Trinajstić information content (AvgIpc) is 2.96. The predicted molar refractivity (Wildman–Crippen MR) is 155 cm³/mol. The van der Waals surface area contributed by atoms with Crippen LogP contribution in [-0.2, 0) is 13.9 Å². The van der Waals surface area contributed by atoms with E-state index in [0.717, 1.165) is 12.8 Å². The van der Waals surface area contributed by atoms with Crippen LogP contribution in [0.4, 0.5) is 0 Å². The van der Waals surface area contributed by atoms with E-state index in [1.807, 2.05) is 18.2 Å². The highest BCUT2D eigenvalue weighted by Gasteiger charge is 2.52. The van der Waals surface area contributed by atoms with E-state index < -0.39 is 39.2 Å². The summed E-state index contributed by atoms with van der Waals surface area (Å²) in [6.07, 6.45) is -1.06. The van der Waals surface area contributed by atoms with Gasteiger partial charge in [-0.1, -0.05) is 99.6 Å². The smallest absolute Gasteiger partial charge is 0.338 e. The van der Waals surface area contributed by atoms with Gasteiger partial charge in [0.1, 0.15) is 12.2 Å². The maximum Gasteiger partial charge on any atom is 0.338 e. The zero-order valence-electron chi connectivity index (χ0n) is 23.0. The van der Waals surface area contributed by atoms with Crippen LogP contribution in [0.3, 0.4) is 0 Å². The summed E-state index contributed by atoms with van der Waals surface area (Å²) < 4.78 is 19.3. The highest BCUT2D eigenvalue weighted by molar-refractivity contribution is 6.99. The molecule has 3 aromatic rings. The van der Waals surface area contributed by atoms with E-state index in [9.17, 15) is 15.0 Å². The van der Waals surface area contributed by atoms with Crippen LogP contribution in [0.1, 0.15) is 50.4 Å². The number of ether oxygens (including phenoxy) is 2. The topological polar surface area (TPSA) is 85.2 Å². The van der Waals surface area contributed by atoms with Gasteiger partial charge in [0, 0.05) is 13.0 Å². The van der Waals surface area contributed by atoms with Crippen LogP contribution in [0.2, 0.25) is 5.04 Å². The van der Waals surface area contributed by atoms with Gasteiger partial charge in [0.2, 0.25) is 0 Å². The molecule has 7 heteroatoms. The molecule has 4 atom stereocenters. The van der Waals surface area contributed by atoms with Gasteiger partial charge in [-0.3, -0.25) is 0 Å². The maximum absolute atomic E-state index is 12.8. The lowest BCUT2D eigenvalue weighted by Gasteiger charge is -2.47. The minimum atomic E-state index is -2.85. The number of hydrogen-bond acceptors (Lipinski definition) is 6. The van der Waals surface area contributed by atoms with Crippen LogP contribution < -0.4 is 10.4 Å². The number of aliphatic hydroxyl groups is 2. The Labute approximate surface area is 232 Å². The molecule has 6 nitrogen and oxygen atoms in total. The van der Waals surface area contributed by atoms with E-state index >= 15 is 0 Å². The van der Waals surface area contributed by atoms with Gasteiger partial charge in [-0.2, -0.15) is 0 Å². The summed E-state index contributed by atoms with van der Waals surface area (Å²) in [5.41, 5.74) is 0.386. The molecule has 0 aliphatic carbocycles. The summed E-state index contributed by atoms with van der Waals surface area (Å²) in [7, 11) is -2.85. The Kier molecular flexibility index (Phi) is 9.75. The van der Waals surface area contributed by atoms with Gasteiger partial charge in [0.25, 0.3) is 8.32 Å². The van der Waals surface area contributed by atoms with Crippen LogP contribution in [-0.4, -0.2) is 62.1 Å². The van der Waals surface area contributed by atoms with Crippen molar-refractivity contribution < 1.29 is 28.9 Å². The monoisotopic (exact) mass is 548 g/mol. The zero-order chi connectivity index (χ0) is 27.9. The van der Waals surface area contributed by atoms with E-state index in [1.165, 1.54) is 10.4 Å². The Bertz CT molecular complexity index is 1130. The molecule has 2 N–H and O–H groups in total. The highest BCUT2D eigenvalue weighted by atomic mass is 28.4. The second kappa shape index (κ2) is 13.0. The van der Waals surface area contributed by atoms with Crippen LogP contribution >= 0.6 is 0 Å². The standard InChI is InChI=1S/C32H40O6Si/c1-32(2,3)39(25-16-9-5-10-17-25,26-18-11-6-12-19-26)38-28-20-13-21-36-30(28)22-29(27(34)23-33)37-31(35)24-14-7-4-8-15-24/h4-12,14-19,27-30,33-34H,13,20-23H2,1-3H3/t27-,28-,29+,30-/m1/s1. The molecular weight excluding hydrogens is 508 g/mol. The molecule has 1 aliphatic rings. The van der Waals surface area contributed by atoms with Crippen molar-refractivity contribution in [2.75, 3.05) is 13.2 Å². The van der Waals surface area contributed by atoms with E-state index in [0.29, 0.717) is 12.2 Å². The van der Waals surface area contributed by atoms with Crippen LogP contribution in [0, 0.1) is 0 Å². The van der Waals surface area contributed by atoms with Gasteiger partial charge in [-0.05, 0) is 40.4 Å². The summed E-state index contributed by atoms with van der Waals surface area (Å²) in [5, 5.41) is 22.5. The fraction of sp³-hybridized carbons (Fsp3) is 0.406. The van der Waals surface area contributed by atoms with Crippen molar-refractivity contribution in [1.82, 2.24) is 0 Å². The molecule has 0 bridgehead atoms. The lowest BCUT2D eigenvalue weighted by atomic mass is 9.98. The Morgan fingerprint density at radius 3 is 2.00 bits per heavy atom. The Morgan fingerprint density at radius 1 is 0.949 bits per heavy atom. The zero-order valence-corrected chi connectivity index (χ0v) is 24.0. The summed E-state index contributed by atoms with van der Waals surface area (Å²) in [5.74, 6) is -0.548. The number of carbonyl (C=O) groups excluding carboxylic acids is 1. The minimum absolute atomic E-state index is 0.207. The summed E-state index contributed by atoms with van der Waals surface area (Å²) >= 11 is 0. The third kappa shape index (κ3) is 6.68. The first kappa shape index (κ1) is 29.2. The Morgan fingerprint density at radius 2 is 1.49 bits per heavy atom. The Balaban J connectivity index is 1.67. The van der Waals surface area contributed by atoms with Crippen molar-refractivity contribution in [3.05, 3.63) is 96.6 Å². The van der Waals surface area contributed by atoms with Crippen LogP contribution in [0.15, 0.2) is 91.0 Å². The van der Waals surface area contributed by atoms with Gasteiger partial charge in [-0.25, -0.2) is 4.79 Å². The molecule has 0 amide bonds. The van der Waals surface area contributed by atoms with Gasteiger partial charge >= 0.3 is 5.97 Å². The van der Waals surface area contributed by atoms with Crippen LogP contribution in [0.25, 0.3) is 0 Å². The molecule has 208 valence electrons. The number of carbonyl (C=O) groups is 1. The third-order valence-corrected chi connectivity index (χ3v) is 12.5. The lowest BCUT2D eigenvalue weighted by Crippen LogP contribution is -2.68. The first-order chi connectivity index (χ1) is 18.8. The second-order valence-corrected chi connectivity index (χ2v) is 15.4. The SMILES string of the molecule is CC(C)(C)[Si](O[C@@H]1CCCO[C@@H]1C[C@H](OC(=O)c1ccccc1)[C@H](O)CO)(c1ccccc1)c1ccccc1. The largest absolute Gasteiger partial charge is 0.456 e. The summed E-state index contributed by atoms with van der Waals surface area (Å²) in [6, 6.07) is 29.5. The molecule has 0 saturated carbocycles. The van der Waals surface area contributed by atoms with Crippen molar-refractivity contribution in [3.63, 3.8) is 0 Å². The van der Waals surface area contributed by atoms with Gasteiger partial charge in [0.15, 0.2) is 0 Å². The van der Waals surface area contributed by atoms with E-state index in [4.69, 9.17) is 13.9 Å². The quantitative estimate of drug-likeness (QED) is 0.293. The average molecular weight is 549 g/mol. The fourth-order valence-electron chi connectivity index (χ4n) is 5.50. The van der Waals surface area contributed by atoms with Gasteiger partial charge in [-0.15, -0.1) is 0 Å². The fourth-order valence-corrected chi connectivity index (χ4v) is 10.2. The molecule has 4 rings (SSSR count). The molecule has 0 spiro atoms. The molecule has 3 aromatic carbocycles. The second-order valence-electron chi connectivity index (χ2n) is 11.2. The molecule has 1 aliphatic heterocycles. The molecule has 39 heavy (non-hydrogen) atoms. The lowest BCUT2D eigenvalue weighted by molar-refractivity contribution is -0.107. The molecule has 1 saturated heterocycles. The van der Waals surface area contributed by atoms with Crippen molar-refractivity contribution >= 4 is 24.7 Å². The number of esters is 1. The normalized spacial score (nSPS) is 19.7. The number of benzene rings is 3. The first-order valence-corrected chi connectivity index (χ1v) is 15.6. The highest BCUT2D eigenvalue weighted by Crippen LogP contribution is 2.39. The number of rotatable bonds is 10. The molecular formula is C32H40O6Si. The number of aliphatic hydroxyl groups excluding tert-OH is 2. The van der Waals surface area contributed by atoms with E-state index in [-0.39, 0.29) is 17.6 Å². The Hall–Kier alpha value is -2.81. The van der Waals surface area contributed by atoms with Crippen LogP contribution in [0.5, 0.6) is 0 Å². The van der Waals surface area contributed by atoms with Gasteiger partial charge < -0.3 is 24.1 Å². The third-order valence-electron chi connectivity index (χ3n) is 7.47. The van der Waals surface area contributed by atoms with Gasteiger partial charge in [0.05, 0.1) is 24.4 Å². The van der Waals surface area contributed by atoms with E-state index in [1.54, 1.807) is 24.3 Å². The van der Waals surface area contributed by atoms with Crippen molar-refractivity contribution in [2.45, 2.75) is 69.5 Å². The maximum atomic E-state index is 12.8. The molecule has 0 aromatic heterocycles. The van der Waals surface area contributed by atoms with Crippen molar-refractivity contribution in [1.29, 1.82) is 0 Å². The van der Waals surface area contributed by atoms with Crippen molar-refractivity contribution in [2.24, 2.45) is 0 Å².